The summed E-state index contributed by atoms with van der Waals surface area (Å²) in [7, 11) is 0. The molecule has 3 N–H and O–H groups in total. The first kappa shape index (κ1) is 10.8. The summed E-state index contributed by atoms with van der Waals surface area (Å²) in [6, 6.07) is 3.52. The molecule has 1 rings (SSSR count). The molecule has 0 heterocycles. The molecule has 76 valence electrons. The van der Waals surface area contributed by atoms with Crippen LogP contribution in [0.3, 0.4) is 0 Å². The zero-order chi connectivity index (χ0) is 10.6. The van der Waals surface area contributed by atoms with E-state index in [4.69, 9.17) is 10.9 Å². The van der Waals surface area contributed by atoms with Crippen molar-refractivity contribution in [3.63, 3.8) is 0 Å². The lowest BCUT2D eigenvalue weighted by molar-refractivity contribution is 0.318. The maximum atomic E-state index is 12.7. The van der Waals surface area contributed by atoms with Crippen molar-refractivity contribution < 1.29 is 14.0 Å². The fourth-order valence-corrected chi connectivity index (χ4v) is 1.48. The van der Waals surface area contributed by atoms with E-state index in [0.29, 0.717) is 4.90 Å². The molecule has 0 unspecified atom stereocenters. The van der Waals surface area contributed by atoms with Gasteiger partial charge in [0.1, 0.15) is 5.84 Å². The lowest BCUT2D eigenvalue weighted by Crippen LogP contribution is -2.14. The Kier molecular flexibility index (Phi) is 3.70. The highest BCUT2D eigenvalue weighted by molar-refractivity contribution is 8.00. The molecule has 1 aromatic carbocycles. The van der Waals surface area contributed by atoms with Crippen molar-refractivity contribution >= 4 is 17.6 Å². The van der Waals surface area contributed by atoms with Crippen LogP contribution in [0.15, 0.2) is 28.3 Å². The molecule has 0 amide bonds. The van der Waals surface area contributed by atoms with Crippen LogP contribution in [0, 0.1) is 11.6 Å². The number of hydrogen-bond acceptors (Lipinski definition) is 3. The number of halogens is 2. The highest BCUT2D eigenvalue weighted by atomic mass is 32.2. The van der Waals surface area contributed by atoms with Crippen molar-refractivity contribution in [3.05, 3.63) is 29.8 Å². The fraction of sp³-hybridized carbons (Fsp3) is 0.125. The van der Waals surface area contributed by atoms with Crippen molar-refractivity contribution in [1.82, 2.24) is 0 Å². The second kappa shape index (κ2) is 4.80. The Hall–Kier alpha value is -1.30. The van der Waals surface area contributed by atoms with Crippen molar-refractivity contribution in [1.29, 1.82) is 0 Å². The molecule has 6 heteroatoms. The molecule has 0 saturated carbocycles. The lowest BCUT2D eigenvalue weighted by Gasteiger charge is -2.00. The SMILES string of the molecule is N/C(CSc1ccc(F)c(F)c1)=N\O. The van der Waals surface area contributed by atoms with Gasteiger partial charge in [-0.15, -0.1) is 11.8 Å². The number of nitrogens with two attached hydrogens (primary N) is 1. The van der Waals surface area contributed by atoms with Crippen LogP contribution in [0.25, 0.3) is 0 Å². The van der Waals surface area contributed by atoms with Crippen LogP contribution in [0.4, 0.5) is 8.78 Å². The Labute approximate surface area is 83.6 Å². The number of thioether (sulfide) groups is 1. The van der Waals surface area contributed by atoms with Gasteiger partial charge in [0.05, 0.1) is 5.75 Å². The molecule has 0 bridgehead atoms. The minimum Gasteiger partial charge on any atom is -0.409 e. The fourth-order valence-electron chi connectivity index (χ4n) is 0.753. The summed E-state index contributed by atoms with van der Waals surface area (Å²) < 4.78 is 25.2. The van der Waals surface area contributed by atoms with E-state index in [1.807, 2.05) is 0 Å². The second-order valence-corrected chi connectivity index (χ2v) is 3.50. The first-order chi connectivity index (χ1) is 6.63. The summed E-state index contributed by atoms with van der Waals surface area (Å²) in [6.07, 6.45) is 0. The molecule has 3 nitrogen and oxygen atoms in total. The Morgan fingerprint density at radius 1 is 1.43 bits per heavy atom. The average Bonchev–Trinajstić information content (AvgIpc) is 2.19. The summed E-state index contributed by atoms with van der Waals surface area (Å²) >= 11 is 1.15. The van der Waals surface area contributed by atoms with Crippen molar-refractivity contribution in [2.75, 3.05) is 5.75 Å². The average molecular weight is 218 g/mol. The quantitative estimate of drug-likeness (QED) is 0.267. The Morgan fingerprint density at radius 2 is 2.14 bits per heavy atom. The van der Waals surface area contributed by atoms with Gasteiger partial charge >= 0.3 is 0 Å². The molecule has 0 spiro atoms. The third kappa shape index (κ3) is 2.88. The number of oxime groups is 1. The molecule has 0 radical (unpaired) electrons. The van der Waals surface area contributed by atoms with E-state index < -0.39 is 11.6 Å². The van der Waals surface area contributed by atoms with Gasteiger partial charge < -0.3 is 10.9 Å². The van der Waals surface area contributed by atoms with Gasteiger partial charge in [-0.3, -0.25) is 0 Å². The van der Waals surface area contributed by atoms with Gasteiger partial charge in [0.15, 0.2) is 11.6 Å². The summed E-state index contributed by atoms with van der Waals surface area (Å²) in [6.45, 7) is 0. The smallest absolute Gasteiger partial charge is 0.159 e. The van der Waals surface area contributed by atoms with E-state index in [2.05, 4.69) is 5.16 Å². The largest absolute Gasteiger partial charge is 0.409 e. The zero-order valence-corrected chi connectivity index (χ0v) is 7.89. The topological polar surface area (TPSA) is 58.6 Å². The minimum absolute atomic E-state index is 0.0275. The predicted octanol–water partition coefficient (Wildman–Crippen LogP) is 1.80. The first-order valence-electron chi connectivity index (χ1n) is 3.67. The van der Waals surface area contributed by atoms with Crippen LogP contribution in [0.2, 0.25) is 0 Å². The molecular weight excluding hydrogens is 210 g/mol. The van der Waals surface area contributed by atoms with E-state index >= 15 is 0 Å². The zero-order valence-electron chi connectivity index (χ0n) is 7.08. The Bertz CT molecular complexity index is 357. The predicted molar refractivity (Wildman–Crippen MR) is 50.5 cm³/mol. The number of benzene rings is 1. The molecule has 1 aromatic rings. The van der Waals surface area contributed by atoms with Gasteiger partial charge in [-0.05, 0) is 18.2 Å². The van der Waals surface area contributed by atoms with Gasteiger partial charge in [-0.25, -0.2) is 8.78 Å². The van der Waals surface area contributed by atoms with Crippen LogP contribution in [0.5, 0.6) is 0 Å². The van der Waals surface area contributed by atoms with Crippen LogP contribution < -0.4 is 5.73 Å². The molecule has 0 fully saturated rings. The summed E-state index contributed by atoms with van der Waals surface area (Å²) in [4.78, 5) is 0.524. The van der Waals surface area contributed by atoms with Crippen molar-refractivity contribution in [2.45, 2.75) is 4.90 Å². The van der Waals surface area contributed by atoms with E-state index in [1.165, 1.54) is 6.07 Å². The third-order valence-electron chi connectivity index (χ3n) is 1.41. The van der Waals surface area contributed by atoms with Gasteiger partial charge in [-0.1, -0.05) is 5.16 Å². The molecule has 0 saturated heterocycles. The second-order valence-electron chi connectivity index (χ2n) is 2.46. The van der Waals surface area contributed by atoms with Crippen LogP contribution >= 0.6 is 11.8 Å². The van der Waals surface area contributed by atoms with E-state index in [0.717, 1.165) is 23.9 Å². The summed E-state index contributed by atoms with van der Waals surface area (Å²) in [5.41, 5.74) is 5.20. The molecule has 0 aliphatic rings. The molecular formula is C8H8F2N2OS. The molecule has 0 aliphatic carbocycles. The normalized spacial score (nSPS) is 11.7. The van der Waals surface area contributed by atoms with Crippen LogP contribution in [-0.2, 0) is 0 Å². The summed E-state index contributed by atoms with van der Waals surface area (Å²) in [5, 5.41) is 11.0. The Morgan fingerprint density at radius 3 is 2.71 bits per heavy atom. The van der Waals surface area contributed by atoms with Crippen LogP contribution in [-0.4, -0.2) is 16.8 Å². The standard InChI is InChI=1S/C8H8F2N2OS/c9-6-2-1-5(3-7(6)10)14-4-8(11)12-13/h1-3,13H,4H2,(H2,11,12). The first-order valence-corrected chi connectivity index (χ1v) is 4.66. The number of rotatable bonds is 3. The number of hydrogen-bond donors (Lipinski definition) is 2. The molecule has 0 aromatic heterocycles. The summed E-state index contributed by atoms with van der Waals surface area (Å²) in [5.74, 6) is -1.55. The van der Waals surface area contributed by atoms with Gasteiger partial charge in [0.2, 0.25) is 0 Å². The maximum absolute atomic E-state index is 12.7. The third-order valence-corrected chi connectivity index (χ3v) is 2.43. The van der Waals surface area contributed by atoms with E-state index in [1.54, 1.807) is 0 Å². The van der Waals surface area contributed by atoms with E-state index in [9.17, 15) is 8.78 Å². The van der Waals surface area contributed by atoms with Crippen molar-refractivity contribution in [3.8, 4) is 0 Å². The van der Waals surface area contributed by atoms with Crippen molar-refractivity contribution in [2.24, 2.45) is 10.9 Å². The minimum atomic E-state index is -0.908. The molecule has 0 atom stereocenters. The van der Waals surface area contributed by atoms with Gasteiger partial charge in [0.25, 0.3) is 0 Å². The highest BCUT2D eigenvalue weighted by Crippen LogP contribution is 2.19. The Balaban J connectivity index is 2.64. The number of nitrogens with zero attached hydrogens (tertiary/aromatic N) is 1. The number of amidine groups is 1. The van der Waals surface area contributed by atoms with Gasteiger partial charge in [0, 0.05) is 4.90 Å². The lowest BCUT2D eigenvalue weighted by atomic mass is 10.3. The van der Waals surface area contributed by atoms with Gasteiger partial charge in [-0.2, -0.15) is 0 Å². The molecule has 0 aliphatic heterocycles. The monoisotopic (exact) mass is 218 g/mol. The van der Waals surface area contributed by atoms with E-state index in [-0.39, 0.29) is 11.6 Å². The molecule has 14 heavy (non-hydrogen) atoms. The maximum Gasteiger partial charge on any atom is 0.159 e. The highest BCUT2D eigenvalue weighted by Gasteiger charge is 2.03. The van der Waals surface area contributed by atoms with Crippen LogP contribution in [0.1, 0.15) is 0 Å².